The van der Waals surface area contributed by atoms with Crippen molar-refractivity contribution in [3.05, 3.63) is 41.8 Å². The van der Waals surface area contributed by atoms with E-state index in [2.05, 4.69) is 16.3 Å². The van der Waals surface area contributed by atoms with Crippen LogP contribution < -0.4 is 5.32 Å². The van der Waals surface area contributed by atoms with Crippen LogP contribution in [-0.2, 0) is 11.8 Å². The van der Waals surface area contributed by atoms with Gasteiger partial charge in [-0.15, -0.1) is 0 Å². The third-order valence-corrected chi connectivity index (χ3v) is 7.10. The molecule has 0 aliphatic carbocycles. The molecule has 8 heteroatoms. The lowest BCUT2D eigenvalue weighted by molar-refractivity contribution is 0.0265. The molecule has 0 spiro atoms. The van der Waals surface area contributed by atoms with Crippen LogP contribution in [0.3, 0.4) is 0 Å². The Hall–Kier alpha value is -2.45. The van der Waals surface area contributed by atoms with Crippen molar-refractivity contribution in [3.8, 4) is 11.3 Å². The van der Waals surface area contributed by atoms with Crippen molar-refractivity contribution < 1.29 is 13.9 Å². The van der Waals surface area contributed by atoms with Gasteiger partial charge in [-0.1, -0.05) is 0 Å². The number of morpholine rings is 1. The van der Waals surface area contributed by atoms with E-state index < -0.39 is 0 Å². The number of carbonyl (C=O) groups is 1. The van der Waals surface area contributed by atoms with Gasteiger partial charge in [-0.25, -0.2) is 9.18 Å². The van der Waals surface area contributed by atoms with E-state index in [1.54, 1.807) is 12.1 Å². The quantitative estimate of drug-likeness (QED) is 0.814. The predicted molar refractivity (Wildman–Crippen MR) is 115 cm³/mol. The third kappa shape index (κ3) is 4.19. The molecular weight excluding hydrogens is 397 g/mol. The van der Waals surface area contributed by atoms with Crippen LogP contribution in [0, 0.1) is 11.7 Å². The number of nitrogens with zero attached hydrogens (tertiary/aromatic N) is 4. The van der Waals surface area contributed by atoms with Gasteiger partial charge in [0.15, 0.2) is 0 Å². The molecule has 166 valence electrons. The Balaban J connectivity index is 1.23. The zero-order valence-corrected chi connectivity index (χ0v) is 18.0. The number of benzene rings is 1. The second kappa shape index (κ2) is 8.59. The van der Waals surface area contributed by atoms with Crippen molar-refractivity contribution in [3.63, 3.8) is 0 Å². The first-order chi connectivity index (χ1) is 15.1. The van der Waals surface area contributed by atoms with Gasteiger partial charge in [-0.2, -0.15) is 5.10 Å². The minimum Gasteiger partial charge on any atom is -0.378 e. The fraction of sp³-hybridized carbons (Fsp3) is 0.565. The van der Waals surface area contributed by atoms with E-state index in [-0.39, 0.29) is 11.8 Å². The lowest BCUT2D eigenvalue weighted by atomic mass is 9.74. The molecule has 7 nitrogen and oxygen atoms in total. The molecule has 1 N–H and O–H groups in total. The van der Waals surface area contributed by atoms with Gasteiger partial charge >= 0.3 is 6.03 Å². The molecule has 4 fully saturated rings. The van der Waals surface area contributed by atoms with Crippen LogP contribution in [0.15, 0.2) is 30.3 Å². The topological polar surface area (TPSA) is 62.6 Å². The van der Waals surface area contributed by atoms with E-state index in [4.69, 9.17) is 9.84 Å². The molecule has 31 heavy (non-hydrogen) atoms. The smallest absolute Gasteiger partial charge is 0.317 e. The van der Waals surface area contributed by atoms with Gasteiger partial charge < -0.3 is 15.0 Å². The first-order valence-electron chi connectivity index (χ1n) is 11.2. The largest absolute Gasteiger partial charge is 0.378 e. The monoisotopic (exact) mass is 427 g/mol. The first-order valence-corrected chi connectivity index (χ1v) is 11.2. The average molecular weight is 428 g/mol. The molecule has 0 saturated carbocycles. The van der Waals surface area contributed by atoms with Crippen LogP contribution >= 0.6 is 0 Å². The molecule has 2 aromatic rings. The summed E-state index contributed by atoms with van der Waals surface area (Å²) in [5.74, 6) is 0.794. The van der Waals surface area contributed by atoms with Gasteiger partial charge in [-0.05, 0) is 55.6 Å². The summed E-state index contributed by atoms with van der Waals surface area (Å²) in [5.41, 5.74) is 3.07. The van der Waals surface area contributed by atoms with E-state index in [1.165, 1.54) is 24.2 Å². The number of amides is 2. The highest BCUT2D eigenvalue weighted by Crippen LogP contribution is 2.42. The predicted octanol–water partition coefficient (Wildman–Crippen LogP) is 2.45. The highest BCUT2D eigenvalue weighted by atomic mass is 19.1. The SMILES string of the molecule is Cn1nc(-c2ccc(F)cc2)cc1C1CN2CCC1CC2CNC(=O)N1CCOCC1. The van der Waals surface area contributed by atoms with Crippen LogP contribution in [0.1, 0.15) is 24.5 Å². The van der Waals surface area contributed by atoms with Gasteiger partial charge in [0.25, 0.3) is 0 Å². The number of hydrogen-bond donors (Lipinski definition) is 1. The van der Waals surface area contributed by atoms with E-state index in [0.717, 1.165) is 30.8 Å². The molecule has 0 radical (unpaired) electrons. The minimum absolute atomic E-state index is 0.0260. The number of rotatable bonds is 4. The van der Waals surface area contributed by atoms with E-state index in [0.29, 0.717) is 50.7 Å². The Labute approximate surface area is 182 Å². The van der Waals surface area contributed by atoms with Crippen molar-refractivity contribution in [2.24, 2.45) is 13.0 Å². The number of nitrogens with one attached hydrogen (secondary N) is 1. The van der Waals surface area contributed by atoms with Crippen molar-refractivity contribution in [2.75, 3.05) is 45.9 Å². The van der Waals surface area contributed by atoms with Gasteiger partial charge in [0.2, 0.25) is 0 Å². The normalized spacial score (nSPS) is 28.0. The average Bonchev–Trinajstić information content (AvgIpc) is 3.20. The highest BCUT2D eigenvalue weighted by molar-refractivity contribution is 5.74. The summed E-state index contributed by atoms with van der Waals surface area (Å²) in [6.07, 6.45) is 2.26. The highest BCUT2D eigenvalue weighted by Gasteiger charge is 2.42. The van der Waals surface area contributed by atoms with E-state index in [1.807, 2.05) is 16.6 Å². The number of aryl methyl sites for hydroxylation is 1. The number of aromatic nitrogens is 2. The first kappa shape index (κ1) is 20.5. The van der Waals surface area contributed by atoms with Gasteiger partial charge in [-0.3, -0.25) is 9.58 Å². The van der Waals surface area contributed by atoms with Crippen molar-refractivity contribution in [1.82, 2.24) is 24.9 Å². The lowest BCUT2D eigenvalue weighted by Crippen LogP contribution is -2.57. The van der Waals surface area contributed by atoms with Gasteiger partial charge in [0.05, 0.1) is 18.9 Å². The molecule has 1 aromatic heterocycles. The fourth-order valence-corrected chi connectivity index (χ4v) is 5.36. The minimum atomic E-state index is -0.232. The molecule has 6 rings (SSSR count). The molecule has 4 atom stereocenters. The summed E-state index contributed by atoms with van der Waals surface area (Å²) in [6, 6.07) is 9.11. The summed E-state index contributed by atoms with van der Waals surface area (Å²) in [6.45, 7) is 5.36. The van der Waals surface area contributed by atoms with Crippen LogP contribution in [-0.4, -0.2) is 77.6 Å². The van der Waals surface area contributed by atoms with Crippen molar-refractivity contribution >= 4 is 6.03 Å². The van der Waals surface area contributed by atoms with Gasteiger partial charge in [0, 0.05) is 56.4 Å². The molecule has 4 aliphatic heterocycles. The maximum Gasteiger partial charge on any atom is 0.317 e. The summed E-state index contributed by atoms with van der Waals surface area (Å²) in [5, 5.41) is 7.85. The zero-order valence-electron chi connectivity index (χ0n) is 18.0. The number of halogens is 1. The van der Waals surface area contributed by atoms with E-state index >= 15 is 0 Å². The molecular formula is C23H30FN5O2. The molecule has 1 aromatic carbocycles. The van der Waals surface area contributed by atoms with Crippen molar-refractivity contribution in [1.29, 1.82) is 0 Å². The Kier molecular flexibility index (Phi) is 5.67. The van der Waals surface area contributed by atoms with Crippen LogP contribution in [0.25, 0.3) is 11.3 Å². The summed E-state index contributed by atoms with van der Waals surface area (Å²) < 4.78 is 20.6. The molecule has 2 amide bonds. The number of piperidine rings is 3. The van der Waals surface area contributed by atoms with Gasteiger partial charge in [0.1, 0.15) is 5.82 Å². The summed E-state index contributed by atoms with van der Waals surface area (Å²) >= 11 is 0. The Morgan fingerprint density at radius 3 is 2.71 bits per heavy atom. The standard InChI is InChI=1S/C23H30FN5O2/c1-27-22(13-21(26-27)16-2-4-18(24)5-3-16)20-15-29-7-6-17(20)12-19(29)14-25-23(30)28-8-10-31-11-9-28/h2-5,13,17,19-20H,6-12,14-15H2,1H3,(H,25,30). The molecule has 4 saturated heterocycles. The Morgan fingerprint density at radius 1 is 1.23 bits per heavy atom. The number of fused-ring (bicyclic) bond motifs is 3. The molecule has 4 unspecified atom stereocenters. The number of hydrogen-bond acceptors (Lipinski definition) is 4. The summed E-state index contributed by atoms with van der Waals surface area (Å²) in [7, 11) is 2.00. The second-order valence-corrected chi connectivity index (χ2v) is 8.91. The number of carbonyl (C=O) groups excluding carboxylic acids is 1. The molecule has 5 heterocycles. The van der Waals surface area contributed by atoms with Crippen LogP contribution in [0.5, 0.6) is 0 Å². The number of ether oxygens (including phenoxy) is 1. The van der Waals surface area contributed by atoms with Crippen LogP contribution in [0.4, 0.5) is 9.18 Å². The zero-order chi connectivity index (χ0) is 21.4. The Bertz CT molecular complexity index is 925. The number of urea groups is 1. The lowest BCUT2D eigenvalue weighted by Gasteiger charge is -2.50. The fourth-order valence-electron chi connectivity index (χ4n) is 5.36. The Morgan fingerprint density at radius 2 is 2.00 bits per heavy atom. The maximum atomic E-state index is 13.3. The van der Waals surface area contributed by atoms with Crippen LogP contribution in [0.2, 0.25) is 0 Å². The summed E-state index contributed by atoms with van der Waals surface area (Å²) in [4.78, 5) is 16.8. The van der Waals surface area contributed by atoms with Crippen molar-refractivity contribution in [2.45, 2.75) is 24.8 Å². The maximum absolute atomic E-state index is 13.3. The molecule has 2 bridgehead atoms. The molecule has 4 aliphatic rings. The third-order valence-electron chi connectivity index (χ3n) is 7.10. The second-order valence-electron chi connectivity index (χ2n) is 8.91. The van der Waals surface area contributed by atoms with E-state index in [9.17, 15) is 9.18 Å².